The lowest BCUT2D eigenvalue weighted by atomic mass is 10.2. The predicted octanol–water partition coefficient (Wildman–Crippen LogP) is 2.91. The number of halogens is 3. The molecule has 0 heterocycles. The second-order valence-electron chi connectivity index (χ2n) is 5.19. The maximum Gasteiger partial charge on any atom is 0.387 e. The lowest BCUT2D eigenvalue weighted by Gasteiger charge is -2.12. The minimum absolute atomic E-state index is 0.0525. The van der Waals surface area contributed by atoms with Crippen LogP contribution in [0.4, 0.5) is 13.2 Å². The predicted molar refractivity (Wildman–Crippen MR) is 88.2 cm³/mol. The Kier molecular flexibility index (Phi) is 7.04. The molecular formula is C18H16F3NO5. The van der Waals surface area contributed by atoms with Gasteiger partial charge in [-0.3, -0.25) is 9.59 Å². The van der Waals surface area contributed by atoms with Gasteiger partial charge in [-0.15, -0.1) is 0 Å². The molecule has 0 atom stereocenters. The minimum Gasteiger partial charge on any atom is -0.493 e. The number of carbonyl (C=O) groups excluding carboxylic acids is 2. The van der Waals surface area contributed by atoms with Crippen LogP contribution in [0.3, 0.4) is 0 Å². The highest BCUT2D eigenvalue weighted by Crippen LogP contribution is 2.29. The van der Waals surface area contributed by atoms with Crippen LogP contribution < -0.4 is 14.8 Å². The van der Waals surface area contributed by atoms with Gasteiger partial charge in [0.2, 0.25) is 0 Å². The molecule has 0 radical (unpaired) electrons. The first-order valence-electron chi connectivity index (χ1n) is 7.70. The third-order valence-corrected chi connectivity index (χ3v) is 3.36. The van der Waals surface area contributed by atoms with Crippen LogP contribution in [-0.4, -0.2) is 32.1 Å². The van der Waals surface area contributed by atoms with E-state index in [0.29, 0.717) is 5.56 Å². The van der Waals surface area contributed by atoms with Crippen molar-refractivity contribution >= 4 is 11.9 Å². The van der Waals surface area contributed by atoms with E-state index in [1.54, 1.807) is 0 Å². The fraction of sp³-hybridized carbons (Fsp3) is 0.222. The average Bonchev–Trinajstić information content (AvgIpc) is 2.65. The molecule has 1 amide bonds. The highest BCUT2D eigenvalue weighted by molar-refractivity contribution is 5.96. The zero-order valence-electron chi connectivity index (χ0n) is 14.2. The number of nitrogens with one attached hydrogen (secondary N) is 1. The van der Waals surface area contributed by atoms with Crippen LogP contribution in [0.2, 0.25) is 0 Å². The van der Waals surface area contributed by atoms with Crippen LogP contribution in [0.25, 0.3) is 0 Å². The minimum atomic E-state index is -3.00. The molecule has 1 N–H and O–H groups in total. The summed E-state index contributed by atoms with van der Waals surface area (Å²) in [5.74, 6) is -2.32. The summed E-state index contributed by atoms with van der Waals surface area (Å²) in [4.78, 5) is 23.5. The number of benzene rings is 2. The van der Waals surface area contributed by atoms with E-state index in [1.807, 2.05) is 0 Å². The van der Waals surface area contributed by atoms with Gasteiger partial charge in [0.15, 0.2) is 11.5 Å². The van der Waals surface area contributed by atoms with Crippen molar-refractivity contribution in [3.8, 4) is 11.5 Å². The van der Waals surface area contributed by atoms with Gasteiger partial charge < -0.3 is 19.5 Å². The van der Waals surface area contributed by atoms with Crippen molar-refractivity contribution in [2.75, 3.05) is 13.7 Å². The van der Waals surface area contributed by atoms with Crippen molar-refractivity contribution in [2.24, 2.45) is 0 Å². The Morgan fingerprint density at radius 2 is 1.85 bits per heavy atom. The molecule has 2 aromatic rings. The van der Waals surface area contributed by atoms with Gasteiger partial charge in [0.1, 0.15) is 19.0 Å². The zero-order valence-corrected chi connectivity index (χ0v) is 14.2. The number of esters is 1. The molecule has 0 fully saturated rings. The number of carbonyl (C=O) groups is 2. The zero-order chi connectivity index (χ0) is 19.8. The summed E-state index contributed by atoms with van der Waals surface area (Å²) in [5, 5.41) is 2.25. The number of ether oxygens (including phenoxy) is 3. The molecule has 0 aliphatic heterocycles. The second kappa shape index (κ2) is 9.46. The van der Waals surface area contributed by atoms with Gasteiger partial charge in [-0.05, 0) is 29.8 Å². The first-order chi connectivity index (χ1) is 12.9. The van der Waals surface area contributed by atoms with Crippen LogP contribution in [0.1, 0.15) is 15.9 Å². The maximum absolute atomic E-state index is 13.5. The van der Waals surface area contributed by atoms with E-state index in [2.05, 4.69) is 10.1 Å². The lowest BCUT2D eigenvalue weighted by molar-refractivity contribution is -0.143. The number of rotatable bonds is 8. The van der Waals surface area contributed by atoms with Gasteiger partial charge in [0, 0.05) is 0 Å². The Morgan fingerprint density at radius 3 is 2.52 bits per heavy atom. The molecule has 0 aliphatic carbocycles. The fourth-order valence-electron chi connectivity index (χ4n) is 2.10. The quantitative estimate of drug-likeness (QED) is 0.710. The first kappa shape index (κ1) is 20.1. The smallest absolute Gasteiger partial charge is 0.387 e. The van der Waals surface area contributed by atoms with Gasteiger partial charge in [-0.1, -0.05) is 18.2 Å². The third-order valence-electron chi connectivity index (χ3n) is 3.36. The van der Waals surface area contributed by atoms with Gasteiger partial charge >= 0.3 is 12.6 Å². The molecule has 2 aromatic carbocycles. The van der Waals surface area contributed by atoms with Crippen LogP contribution in [0.15, 0.2) is 42.5 Å². The topological polar surface area (TPSA) is 73.9 Å². The van der Waals surface area contributed by atoms with E-state index >= 15 is 0 Å². The summed E-state index contributed by atoms with van der Waals surface area (Å²) in [6.45, 7) is -3.64. The number of hydrogen-bond donors (Lipinski definition) is 1. The fourth-order valence-corrected chi connectivity index (χ4v) is 2.10. The molecule has 0 aromatic heterocycles. The van der Waals surface area contributed by atoms with Crippen molar-refractivity contribution in [1.82, 2.24) is 5.32 Å². The summed E-state index contributed by atoms with van der Waals surface area (Å²) >= 11 is 0. The molecule has 6 nitrogen and oxygen atoms in total. The molecule has 0 spiro atoms. The molecule has 0 bridgehead atoms. The Labute approximate surface area is 152 Å². The molecule has 0 aliphatic rings. The average molecular weight is 383 g/mol. The van der Waals surface area contributed by atoms with E-state index in [9.17, 15) is 22.8 Å². The maximum atomic E-state index is 13.5. The number of alkyl halides is 2. The highest BCUT2D eigenvalue weighted by Gasteiger charge is 2.14. The lowest BCUT2D eigenvalue weighted by Crippen LogP contribution is -2.31. The summed E-state index contributed by atoms with van der Waals surface area (Å²) in [5.41, 5.74) is 0.270. The Balaban J connectivity index is 1.86. The largest absolute Gasteiger partial charge is 0.493 e. The first-order valence-corrected chi connectivity index (χ1v) is 7.70. The van der Waals surface area contributed by atoms with Crippen LogP contribution in [0.5, 0.6) is 11.5 Å². The molecule has 0 saturated carbocycles. The van der Waals surface area contributed by atoms with Crippen LogP contribution >= 0.6 is 0 Å². The number of amides is 1. The molecule has 144 valence electrons. The Bertz CT molecular complexity index is 813. The molecule has 27 heavy (non-hydrogen) atoms. The van der Waals surface area contributed by atoms with Crippen molar-refractivity contribution in [3.63, 3.8) is 0 Å². The van der Waals surface area contributed by atoms with E-state index in [0.717, 1.165) is 6.07 Å². The molecular weight excluding hydrogens is 367 g/mol. The van der Waals surface area contributed by atoms with Crippen molar-refractivity contribution in [1.29, 1.82) is 0 Å². The molecule has 0 unspecified atom stereocenters. The Morgan fingerprint density at radius 1 is 1.11 bits per heavy atom. The van der Waals surface area contributed by atoms with Crippen LogP contribution in [0, 0.1) is 5.82 Å². The van der Waals surface area contributed by atoms with Crippen LogP contribution in [-0.2, 0) is 16.1 Å². The SMILES string of the molecule is COc1cc(COC(=O)CNC(=O)c2ccccc2F)ccc1OC(F)F. The third kappa shape index (κ3) is 5.91. The van der Waals surface area contributed by atoms with E-state index in [1.165, 1.54) is 43.5 Å². The van der Waals surface area contributed by atoms with E-state index in [4.69, 9.17) is 9.47 Å². The van der Waals surface area contributed by atoms with E-state index in [-0.39, 0.29) is 23.7 Å². The summed E-state index contributed by atoms with van der Waals surface area (Å²) in [6, 6.07) is 9.40. The second-order valence-corrected chi connectivity index (χ2v) is 5.19. The van der Waals surface area contributed by atoms with Gasteiger partial charge in [0.25, 0.3) is 5.91 Å². The van der Waals surface area contributed by atoms with Gasteiger partial charge in [0.05, 0.1) is 12.7 Å². The van der Waals surface area contributed by atoms with Crippen molar-refractivity contribution < 1.29 is 37.0 Å². The summed E-state index contributed by atoms with van der Waals surface area (Å²) in [7, 11) is 1.28. The monoisotopic (exact) mass is 383 g/mol. The number of hydrogen-bond acceptors (Lipinski definition) is 5. The highest BCUT2D eigenvalue weighted by atomic mass is 19.3. The van der Waals surface area contributed by atoms with Crippen molar-refractivity contribution in [3.05, 3.63) is 59.4 Å². The normalized spacial score (nSPS) is 10.4. The number of methoxy groups -OCH3 is 1. The van der Waals surface area contributed by atoms with Crippen molar-refractivity contribution in [2.45, 2.75) is 13.2 Å². The molecule has 2 rings (SSSR count). The van der Waals surface area contributed by atoms with E-state index < -0.39 is 30.8 Å². The molecule has 9 heteroatoms. The van der Waals surface area contributed by atoms with Gasteiger partial charge in [-0.2, -0.15) is 8.78 Å². The van der Waals surface area contributed by atoms with Gasteiger partial charge in [-0.25, -0.2) is 4.39 Å². The standard InChI is InChI=1S/C18H16F3NO5/c1-25-15-8-11(6-7-14(15)27-18(20)21)10-26-16(23)9-22-17(24)12-4-2-3-5-13(12)19/h2-8,18H,9-10H2,1H3,(H,22,24). The summed E-state index contributed by atoms with van der Waals surface area (Å²) < 4.78 is 52.2. The molecule has 0 saturated heterocycles. The summed E-state index contributed by atoms with van der Waals surface area (Å²) in [6.07, 6.45) is 0. The Hall–Kier alpha value is -3.23.